The molecule has 0 bridgehead atoms. The van der Waals surface area contributed by atoms with Gasteiger partial charge in [0.2, 0.25) is 0 Å². The predicted molar refractivity (Wildman–Crippen MR) is 129 cm³/mol. The van der Waals surface area contributed by atoms with Gasteiger partial charge >= 0.3 is 119 Å². The van der Waals surface area contributed by atoms with Gasteiger partial charge in [-0.3, -0.25) is 0 Å². The molecule has 0 aromatic heterocycles. The molecule has 0 aliphatic carbocycles. The molecule has 1 nitrogen and oxygen atoms in total. The average molecular weight is 464 g/mol. The monoisotopic (exact) mass is 465 g/mol. The van der Waals surface area contributed by atoms with Crippen LogP contribution in [-0.2, 0) is 12.6 Å². The Morgan fingerprint density at radius 3 is 1.29 bits per heavy atom. The molecule has 28 heavy (non-hydrogen) atoms. The summed E-state index contributed by atoms with van der Waals surface area (Å²) in [6.45, 7) is 2.17. The molecule has 4 rings (SSSR count). The van der Waals surface area contributed by atoms with Gasteiger partial charge in [0.15, 0.2) is 0 Å². The number of nitrogens with zero attached hydrogens (tertiary/aromatic N) is 1. The molecule has 1 saturated heterocycles. The number of benzene rings is 3. The van der Waals surface area contributed by atoms with Crippen LogP contribution in [0.3, 0.4) is 0 Å². The summed E-state index contributed by atoms with van der Waals surface area (Å²) in [5.74, 6) is 0. The van der Waals surface area contributed by atoms with Crippen LogP contribution in [0.15, 0.2) is 91.0 Å². The van der Waals surface area contributed by atoms with Crippen LogP contribution in [-0.4, -0.2) is 36.7 Å². The third-order valence-electron chi connectivity index (χ3n) is 4.80. The van der Waals surface area contributed by atoms with Gasteiger partial charge in [0, 0.05) is 13.1 Å². The van der Waals surface area contributed by atoms with Gasteiger partial charge in [-0.15, -0.1) is 0 Å². The van der Waals surface area contributed by atoms with Crippen LogP contribution in [0.2, 0.25) is 0 Å². The topological polar surface area (TPSA) is 3.24 Å². The Balaban J connectivity index is 0.000000211. The molecule has 1 aliphatic rings. The molecular formula is C24H25GeNS2-. The van der Waals surface area contributed by atoms with Crippen molar-refractivity contribution in [3.8, 4) is 0 Å². The van der Waals surface area contributed by atoms with E-state index in [9.17, 15) is 0 Å². The van der Waals surface area contributed by atoms with Gasteiger partial charge in [-0.1, -0.05) is 4.32 Å². The third-order valence-corrected chi connectivity index (χ3v) is 11.1. The zero-order chi connectivity index (χ0) is 19.6. The second-order valence-electron chi connectivity index (χ2n) is 6.79. The molecule has 1 heterocycles. The normalized spacial score (nSPS) is 13.5. The molecule has 0 spiro atoms. The van der Waals surface area contributed by atoms with Gasteiger partial charge in [0.1, 0.15) is 0 Å². The zero-order valence-corrected chi connectivity index (χ0v) is 19.7. The van der Waals surface area contributed by atoms with Crippen LogP contribution in [0.5, 0.6) is 0 Å². The number of hydrogen-bond donors (Lipinski definition) is 0. The van der Waals surface area contributed by atoms with Gasteiger partial charge in [-0.2, -0.15) is 0 Å². The molecule has 0 unspecified atom stereocenters. The number of thiocarbonyl (C=S) groups is 1. The molecule has 0 atom stereocenters. The van der Waals surface area contributed by atoms with Crippen LogP contribution in [0.1, 0.15) is 19.3 Å². The van der Waals surface area contributed by atoms with Gasteiger partial charge < -0.3 is 29.7 Å². The molecular weight excluding hydrogens is 439 g/mol. The van der Waals surface area contributed by atoms with Crippen molar-refractivity contribution < 1.29 is 0 Å². The van der Waals surface area contributed by atoms with Crippen molar-refractivity contribution in [1.29, 1.82) is 0 Å². The first-order valence-corrected chi connectivity index (χ1v) is 13.7. The van der Waals surface area contributed by atoms with Crippen molar-refractivity contribution in [1.82, 2.24) is 4.90 Å². The second kappa shape index (κ2) is 11.3. The molecule has 143 valence electrons. The molecule has 0 N–H and O–H groups in total. The fourth-order valence-corrected chi connectivity index (χ4v) is 9.16. The van der Waals surface area contributed by atoms with E-state index in [1.54, 1.807) is 0 Å². The maximum atomic E-state index is 4.86. The van der Waals surface area contributed by atoms with E-state index < -0.39 is 14.3 Å². The first kappa shape index (κ1) is 21.0. The Morgan fingerprint density at radius 2 is 1.00 bits per heavy atom. The van der Waals surface area contributed by atoms with Crippen molar-refractivity contribution in [2.24, 2.45) is 0 Å². The fraction of sp³-hybridized carbons (Fsp3) is 0.208. The summed E-state index contributed by atoms with van der Waals surface area (Å²) in [6.07, 6.45) is 3.86. The molecule has 1 radical (unpaired) electrons. The maximum absolute atomic E-state index is 4.86. The van der Waals surface area contributed by atoms with E-state index in [1.807, 2.05) is 0 Å². The van der Waals surface area contributed by atoms with Gasteiger partial charge in [-0.05, 0) is 19.3 Å². The minimum atomic E-state index is -1.63. The van der Waals surface area contributed by atoms with Gasteiger partial charge in [-0.25, -0.2) is 0 Å². The molecule has 0 saturated carbocycles. The first-order chi connectivity index (χ1) is 13.8. The first-order valence-electron chi connectivity index (χ1n) is 9.75. The van der Waals surface area contributed by atoms with Crippen LogP contribution < -0.4 is 13.2 Å². The van der Waals surface area contributed by atoms with Crippen molar-refractivity contribution in [3.63, 3.8) is 0 Å². The Morgan fingerprint density at radius 1 is 0.643 bits per heavy atom. The summed E-state index contributed by atoms with van der Waals surface area (Å²) >= 11 is 8.08. The number of rotatable bonds is 3. The SMILES string of the molecule is S=C([S-])N1CCCCC1.c1cc[c]([Ge]([c]2ccccc2)[c]2ccccc2)cc1. The fourth-order valence-electron chi connectivity index (χ4n) is 3.39. The standard InChI is InChI=1S/C18H15Ge.C6H11NS2/c1-4-10-16(11-5-1)19(17-12-6-2-7-13-17)18-14-8-3-9-15-18;8-6(9)7-4-2-1-3-5-7/h1-15H;1-5H2,(H,8,9)/p-1. The van der Waals surface area contributed by atoms with Crippen LogP contribution in [0, 0.1) is 0 Å². The molecule has 0 amide bonds. The average Bonchev–Trinajstić information content (AvgIpc) is 2.77. The molecule has 3 aromatic carbocycles. The van der Waals surface area contributed by atoms with E-state index in [4.69, 9.17) is 24.8 Å². The van der Waals surface area contributed by atoms with Crippen molar-refractivity contribution >= 4 is 56.7 Å². The quantitative estimate of drug-likeness (QED) is 0.332. The van der Waals surface area contributed by atoms with Crippen molar-refractivity contribution in [2.75, 3.05) is 13.1 Å². The number of piperidine rings is 1. The number of hydrogen-bond acceptors (Lipinski definition) is 2. The summed E-state index contributed by atoms with van der Waals surface area (Å²) in [5, 5.41) is 0. The van der Waals surface area contributed by atoms with E-state index in [0.717, 1.165) is 13.1 Å². The van der Waals surface area contributed by atoms with Crippen LogP contribution >= 0.6 is 12.2 Å². The predicted octanol–water partition coefficient (Wildman–Crippen LogP) is 3.51. The van der Waals surface area contributed by atoms with E-state index in [1.165, 1.54) is 32.5 Å². The Kier molecular flexibility index (Phi) is 8.52. The Labute approximate surface area is 184 Å². The van der Waals surface area contributed by atoms with E-state index in [0.29, 0.717) is 4.32 Å². The van der Waals surface area contributed by atoms with Crippen LogP contribution in [0.4, 0.5) is 0 Å². The zero-order valence-electron chi connectivity index (χ0n) is 16.0. The summed E-state index contributed by atoms with van der Waals surface area (Å²) in [5.41, 5.74) is 0. The second-order valence-corrected chi connectivity index (χ2v) is 13.0. The van der Waals surface area contributed by atoms with Gasteiger partial charge in [0.25, 0.3) is 0 Å². The molecule has 3 aromatic rings. The summed E-state index contributed by atoms with van der Waals surface area (Å²) in [6, 6.07) is 32.8. The van der Waals surface area contributed by atoms with Crippen LogP contribution in [0.25, 0.3) is 0 Å². The van der Waals surface area contributed by atoms with Crippen molar-refractivity contribution in [2.45, 2.75) is 19.3 Å². The number of likely N-dealkylation sites (tertiary alicyclic amines) is 1. The minimum absolute atomic E-state index is 0.648. The van der Waals surface area contributed by atoms with E-state index in [2.05, 4.69) is 95.9 Å². The van der Waals surface area contributed by atoms with E-state index in [-0.39, 0.29) is 0 Å². The summed E-state index contributed by atoms with van der Waals surface area (Å²) < 4.78 is 5.15. The summed E-state index contributed by atoms with van der Waals surface area (Å²) in [4.78, 5) is 2.11. The van der Waals surface area contributed by atoms with E-state index >= 15 is 0 Å². The Hall–Kier alpha value is -1.69. The molecule has 4 heteroatoms. The molecule has 1 aliphatic heterocycles. The Bertz CT molecular complexity index is 740. The third kappa shape index (κ3) is 6.16. The summed E-state index contributed by atoms with van der Waals surface area (Å²) in [7, 11) is 0. The molecule has 1 fully saturated rings. The van der Waals surface area contributed by atoms with Gasteiger partial charge in [0.05, 0.1) is 0 Å². The van der Waals surface area contributed by atoms with Crippen molar-refractivity contribution in [3.05, 3.63) is 91.0 Å².